The first-order valence-corrected chi connectivity index (χ1v) is 6.53. The van der Waals surface area contributed by atoms with Gasteiger partial charge in [-0.1, -0.05) is 12.1 Å². The second-order valence-corrected chi connectivity index (χ2v) is 4.74. The van der Waals surface area contributed by atoms with Crippen molar-refractivity contribution in [2.75, 3.05) is 21.3 Å². The molecule has 0 saturated carbocycles. The zero-order valence-electron chi connectivity index (χ0n) is 12.1. The van der Waals surface area contributed by atoms with Crippen LogP contribution in [0.25, 0.3) is 21.5 Å². The zero-order valence-corrected chi connectivity index (χ0v) is 12.1. The molecule has 0 amide bonds. The Morgan fingerprint density at radius 2 is 1.14 bits per heavy atom. The van der Waals surface area contributed by atoms with Gasteiger partial charge in [0.25, 0.3) is 0 Å². The number of benzene rings is 3. The van der Waals surface area contributed by atoms with Crippen molar-refractivity contribution in [1.29, 1.82) is 0 Å². The van der Waals surface area contributed by atoms with Crippen LogP contribution in [-0.4, -0.2) is 26.4 Å². The number of ether oxygens (including phenoxy) is 3. The highest BCUT2D eigenvalue weighted by molar-refractivity contribution is 6.09. The number of fused-ring (bicyclic) bond motifs is 3. The van der Waals surface area contributed by atoms with Crippen molar-refractivity contribution in [1.82, 2.24) is 0 Å². The molecular formula is C17H16O4. The van der Waals surface area contributed by atoms with Crippen LogP contribution in [0.5, 0.6) is 23.0 Å². The molecule has 0 radical (unpaired) electrons. The van der Waals surface area contributed by atoms with Gasteiger partial charge in [-0.3, -0.25) is 0 Å². The summed E-state index contributed by atoms with van der Waals surface area (Å²) in [5.41, 5.74) is 0. The van der Waals surface area contributed by atoms with Gasteiger partial charge in [0.15, 0.2) is 23.0 Å². The van der Waals surface area contributed by atoms with Crippen LogP contribution in [0.1, 0.15) is 0 Å². The number of hydrogen-bond acceptors (Lipinski definition) is 4. The third kappa shape index (κ3) is 2.09. The zero-order chi connectivity index (χ0) is 15.0. The summed E-state index contributed by atoms with van der Waals surface area (Å²) in [4.78, 5) is 0. The molecule has 0 aliphatic carbocycles. The van der Waals surface area contributed by atoms with Crippen LogP contribution in [0.15, 0.2) is 36.4 Å². The Labute approximate surface area is 122 Å². The van der Waals surface area contributed by atoms with Crippen LogP contribution in [0.2, 0.25) is 0 Å². The lowest BCUT2D eigenvalue weighted by Gasteiger charge is -2.12. The molecule has 0 fully saturated rings. The van der Waals surface area contributed by atoms with E-state index in [-0.39, 0.29) is 5.75 Å². The minimum atomic E-state index is 0.129. The third-order valence-corrected chi connectivity index (χ3v) is 3.64. The van der Waals surface area contributed by atoms with E-state index in [9.17, 15) is 5.11 Å². The van der Waals surface area contributed by atoms with Gasteiger partial charge in [-0.2, -0.15) is 0 Å². The average molecular weight is 284 g/mol. The van der Waals surface area contributed by atoms with Gasteiger partial charge in [0, 0.05) is 0 Å². The van der Waals surface area contributed by atoms with Crippen molar-refractivity contribution in [3.63, 3.8) is 0 Å². The van der Waals surface area contributed by atoms with Crippen molar-refractivity contribution < 1.29 is 19.3 Å². The molecular weight excluding hydrogens is 268 g/mol. The molecule has 0 unspecified atom stereocenters. The van der Waals surface area contributed by atoms with Gasteiger partial charge >= 0.3 is 0 Å². The maximum atomic E-state index is 9.89. The first-order chi connectivity index (χ1) is 10.2. The van der Waals surface area contributed by atoms with Crippen molar-refractivity contribution >= 4 is 21.5 Å². The molecule has 0 atom stereocenters. The average Bonchev–Trinajstić information content (AvgIpc) is 2.52. The molecule has 0 spiro atoms. The molecule has 3 aromatic rings. The maximum Gasteiger partial charge on any atom is 0.161 e. The van der Waals surface area contributed by atoms with E-state index in [4.69, 9.17) is 14.2 Å². The van der Waals surface area contributed by atoms with E-state index < -0.39 is 0 Å². The summed E-state index contributed by atoms with van der Waals surface area (Å²) in [6.45, 7) is 0. The van der Waals surface area contributed by atoms with E-state index in [1.54, 1.807) is 20.3 Å². The highest BCUT2D eigenvalue weighted by atomic mass is 16.5. The third-order valence-electron chi connectivity index (χ3n) is 3.64. The van der Waals surface area contributed by atoms with Crippen LogP contribution in [0, 0.1) is 0 Å². The highest BCUT2D eigenvalue weighted by Gasteiger charge is 2.11. The SMILES string of the molecule is COc1cc2c(ccc3cc(OC)c(OC)cc32)cc1O. The lowest BCUT2D eigenvalue weighted by Crippen LogP contribution is -1.91. The van der Waals surface area contributed by atoms with E-state index in [0.717, 1.165) is 21.5 Å². The fourth-order valence-corrected chi connectivity index (χ4v) is 2.56. The number of phenolic OH excluding ortho intramolecular Hbond substituents is 1. The van der Waals surface area contributed by atoms with Gasteiger partial charge in [0.1, 0.15) is 0 Å². The molecule has 0 aliphatic heterocycles. The van der Waals surface area contributed by atoms with Crippen molar-refractivity contribution in [3.05, 3.63) is 36.4 Å². The summed E-state index contributed by atoms with van der Waals surface area (Å²) in [5.74, 6) is 1.94. The summed E-state index contributed by atoms with van der Waals surface area (Å²) in [7, 11) is 4.77. The van der Waals surface area contributed by atoms with E-state index >= 15 is 0 Å². The Morgan fingerprint density at radius 1 is 0.667 bits per heavy atom. The molecule has 4 nitrogen and oxygen atoms in total. The monoisotopic (exact) mass is 284 g/mol. The van der Waals surface area contributed by atoms with E-state index in [1.165, 1.54) is 7.11 Å². The minimum absolute atomic E-state index is 0.129. The van der Waals surface area contributed by atoms with Gasteiger partial charge in [0.2, 0.25) is 0 Å². The fraction of sp³-hybridized carbons (Fsp3) is 0.176. The minimum Gasteiger partial charge on any atom is -0.504 e. The Hall–Kier alpha value is -2.62. The molecule has 4 heteroatoms. The van der Waals surface area contributed by atoms with Gasteiger partial charge in [-0.25, -0.2) is 0 Å². The van der Waals surface area contributed by atoms with Gasteiger partial charge in [0.05, 0.1) is 21.3 Å². The van der Waals surface area contributed by atoms with Crippen molar-refractivity contribution in [2.24, 2.45) is 0 Å². The molecule has 21 heavy (non-hydrogen) atoms. The van der Waals surface area contributed by atoms with Gasteiger partial charge in [-0.05, 0) is 45.8 Å². The fourth-order valence-electron chi connectivity index (χ4n) is 2.56. The molecule has 3 aromatic carbocycles. The molecule has 0 aromatic heterocycles. The largest absolute Gasteiger partial charge is 0.504 e. The summed E-state index contributed by atoms with van der Waals surface area (Å²) in [6.07, 6.45) is 0. The second kappa shape index (κ2) is 5.05. The van der Waals surface area contributed by atoms with E-state index in [2.05, 4.69) is 0 Å². The van der Waals surface area contributed by atoms with Crippen LogP contribution >= 0.6 is 0 Å². The quantitative estimate of drug-likeness (QED) is 0.745. The van der Waals surface area contributed by atoms with Crippen LogP contribution in [0.3, 0.4) is 0 Å². The van der Waals surface area contributed by atoms with Crippen LogP contribution in [0.4, 0.5) is 0 Å². The maximum absolute atomic E-state index is 9.89. The summed E-state index contributed by atoms with van der Waals surface area (Å²) in [6, 6.07) is 11.4. The topological polar surface area (TPSA) is 47.9 Å². The molecule has 108 valence electrons. The molecule has 0 aliphatic rings. The van der Waals surface area contributed by atoms with Crippen molar-refractivity contribution in [3.8, 4) is 23.0 Å². The molecule has 0 saturated heterocycles. The van der Waals surface area contributed by atoms with Gasteiger partial charge < -0.3 is 19.3 Å². The van der Waals surface area contributed by atoms with Crippen LogP contribution < -0.4 is 14.2 Å². The first kappa shape index (κ1) is 13.4. The Bertz CT molecular complexity index is 824. The van der Waals surface area contributed by atoms with E-state index in [0.29, 0.717) is 17.2 Å². The lowest BCUT2D eigenvalue weighted by molar-refractivity contribution is 0.356. The van der Waals surface area contributed by atoms with Crippen molar-refractivity contribution in [2.45, 2.75) is 0 Å². The number of methoxy groups -OCH3 is 3. The molecule has 0 heterocycles. The number of rotatable bonds is 3. The number of phenols is 1. The summed E-state index contributed by atoms with van der Waals surface area (Å²) in [5, 5.41) is 13.9. The van der Waals surface area contributed by atoms with Gasteiger partial charge in [-0.15, -0.1) is 0 Å². The lowest BCUT2D eigenvalue weighted by atomic mass is 10.0. The highest BCUT2D eigenvalue weighted by Crippen LogP contribution is 2.39. The second-order valence-electron chi connectivity index (χ2n) is 4.74. The van der Waals surface area contributed by atoms with E-state index in [1.807, 2.05) is 30.3 Å². The van der Waals surface area contributed by atoms with Crippen LogP contribution in [-0.2, 0) is 0 Å². The number of hydrogen-bond donors (Lipinski definition) is 1. The first-order valence-electron chi connectivity index (χ1n) is 6.53. The normalized spacial score (nSPS) is 10.8. The molecule has 0 bridgehead atoms. The predicted octanol–water partition coefficient (Wildman–Crippen LogP) is 3.72. The predicted molar refractivity (Wildman–Crippen MR) is 82.8 cm³/mol. The Kier molecular flexibility index (Phi) is 3.22. The summed E-state index contributed by atoms with van der Waals surface area (Å²) < 4.78 is 15.9. The Morgan fingerprint density at radius 3 is 1.71 bits per heavy atom. The standard InChI is InChI=1S/C17H16O4/c1-19-15-8-12-10(6-14(15)18)4-5-11-7-16(20-2)17(21-3)9-13(11)12/h4-9,18H,1-3H3. The Balaban J connectivity index is 2.40. The molecule has 1 N–H and O–H groups in total. The summed E-state index contributed by atoms with van der Waals surface area (Å²) >= 11 is 0. The molecule has 3 rings (SSSR count). The smallest absolute Gasteiger partial charge is 0.161 e. The number of aromatic hydroxyl groups is 1.